The fourth-order valence-corrected chi connectivity index (χ4v) is 4.35. The van der Waals surface area contributed by atoms with Crippen LogP contribution in [0.2, 0.25) is 5.02 Å². The number of rotatable bonds is 4. The van der Waals surface area contributed by atoms with Crippen LogP contribution in [0.15, 0.2) is 59.7 Å². The quantitative estimate of drug-likeness (QED) is 0.456. The van der Waals surface area contributed by atoms with Crippen LogP contribution >= 0.6 is 11.6 Å². The maximum absolute atomic E-state index is 12.8. The van der Waals surface area contributed by atoms with Crippen molar-refractivity contribution in [3.05, 3.63) is 87.2 Å². The summed E-state index contributed by atoms with van der Waals surface area (Å²) in [7, 11) is 4.26. The van der Waals surface area contributed by atoms with Crippen LogP contribution in [-0.2, 0) is 26.6 Å². The Morgan fingerprint density at radius 3 is 2.72 bits per heavy atom. The number of likely N-dealkylation sites (N-methyl/N-ethyl adjacent to an activating group) is 1. The Morgan fingerprint density at radius 2 is 1.97 bits per heavy atom. The lowest BCUT2D eigenvalue weighted by Gasteiger charge is -2.23. The lowest BCUT2D eigenvalue weighted by molar-refractivity contribution is 0.300. The molecule has 3 aromatic heterocycles. The van der Waals surface area contributed by atoms with Crippen molar-refractivity contribution in [2.75, 3.05) is 13.6 Å². The summed E-state index contributed by atoms with van der Waals surface area (Å²) < 4.78 is 9.63. The fraction of sp³-hybridized carbons (Fsp3) is 0.280. The molecule has 32 heavy (non-hydrogen) atoms. The Kier molecular flexibility index (Phi) is 6.09. The molecule has 0 unspecified atom stereocenters. The zero-order valence-corrected chi connectivity index (χ0v) is 18.3. The number of benzene rings is 1. The highest BCUT2D eigenvalue weighted by Gasteiger charge is 2.21. The molecule has 0 fully saturated rings. The van der Waals surface area contributed by atoms with E-state index >= 15 is 0 Å². The highest BCUT2D eigenvalue weighted by molar-refractivity contribution is 6.30. The Hall–Kier alpha value is -3.09. The molecule has 4 heterocycles. The zero-order valence-electron chi connectivity index (χ0n) is 17.5. The predicted octanol–water partition coefficient (Wildman–Crippen LogP) is 4.58. The summed E-state index contributed by atoms with van der Waals surface area (Å²) in [6.07, 6.45) is 4.38. The third-order valence-corrected chi connectivity index (χ3v) is 6.15. The first-order chi connectivity index (χ1) is 15.0. The first-order valence-corrected chi connectivity index (χ1v) is 10.6. The van der Waals surface area contributed by atoms with Gasteiger partial charge >= 0.3 is 0 Å². The van der Waals surface area contributed by atoms with Gasteiger partial charge in [-0.1, -0.05) is 25.1 Å². The van der Waals surface area contributed by atoms with Crippen LogP contribution in [0.4, 0.5) is 0 Å². The van der Waals surface area contributed by atoms with Crippen molar-refractivity contribution in [3.63, 3.8) is 0 Å². The molecule has 0 aliphatic carbocycles. The molecule has 1 aliphatic heterocycles. The van der Waals surface area contributed by atoms with Crippen molar-refractivity contribution in [1.29, 1.82) is 0 Å². The van der Waals surface area contributed by atoms with Crippen LogP contribution in [0.25, 0.3) is 16.6 Å². The average Bonchev–Trinajstić information content (AvgIpc) is 3.04. The van der Waals surface area contributed by atoms with E-state index < -0.39 is 0 Å². The van der Waals surface area contributed by atoms with Gasteiger partial charge in [-0.2, -0.15) is 0 Å². The highest BCUT2D eigenvalue weighted by atomic mass is 35.5. The largest absolute Gasteiger partial charge is 0.487 e. The van der Waals surface area contributed by atoms with E-state index in [0.29, 0.717) is 10.8 Å². The lowest BCUT2D eigenvalue weighted by atomic mass is 10.0. The van der Waals surface area contributed by atoms with Crippen LogP contribution < -0.4 is 10.3 Å². The monoisotopic (exact) mass is 450 g/mol. The second kappa shape index (κ2) is 8.81. The summed E-state index contributed by atoms with van der Waals surface area (Å²) >= 11 is 5.86. The van der Waals surface area contributed by atoms with E-state index in [1.807, 2.05) is 6.07 Å². The SMILES string of the molecule is C.CN1CCc2c(n(C)c3cc(-n4ccc(OCc5ccc(Cl)cn5)cc4=O)ccc23)C1. The van der Waals surface area contributed by atoms with Gasteiger partial charge in [0.1, 0.15) is 12.4 Å². The van der Waals surface area contributed by atoms with Crippen molar-refractivity contribution in [1.82, 2.24) is 19.0 Å². The summed E-state index contributed by atoms with van der Waals surface area (Å²) in [5, 5.41) is 1.85. The van der Waals surface area contributed by atoms with Gasteiger partial charge in [0.15, 0.2) is 0 Å². The van der Waals surface area contributed by atoms with Crippen molar-refractivity contribution >= 4 is 22.5 Å². The van der Waals surface area contributed by atoms with Crippen LogP contribution in [0.1, 0.15) is 24.4 Å². The van der Waals surface area contributed by atoms with Gasteiger partial charge in [0.25, 0.3) is 5.56 Å². The lowest BCUT2D eigenvalue weighted by Crippen LogP contribution is -2.27. The maximum atomic E-state index is 12.8. The van der Waals surface area contributed by atoms with Gasteiger partial charge in [0.05, 0.1) is 21.9 Å². The Balaban J connectivity index is 0.00000245. The summed E-state index contributed by atoms with van der Waals surface area (Å²) in [5.41, 5.74) is 5.38. The molecule has 0 spiro atoms. The molecule has 166 valence electrons. The molecule has 7 heteroatoms. The molecule has 5 rings (SSSR count). The van der Waals surface area contributed by atoms with Crippen molar-refractivity contribution in [2.45, 2.75) is 27.0 Å². The molecule has 0 saturated heterocycles. The Bertz CT molecular complexity index is 1320. The van der Waals surface area contributed by atoms with E-state index in [-0.39, 0.29) is 19.6 Å². The molecule has 1 aromatic carbocycles. The number of aryl methyl sites for hydroxylation is 1. The van der Waals surface area contributed by atoms with Crippen molar-refractivity contribution < 1.29 is 4.74 Å². The normalized spacial score (nSPS) is 13.6. The van der Waals surface area contributed by atoms with E-state index in [9.17, 15) is 4.79 Å². The molecular weight excluding hydrogens is 424 g/mol. The van der Waals surface area contributed by atoms with Crippen molar-refractivity contribution in [3.8, 4) is 11.4 Å². The number of aromatic nitrogens is 3. The minimum absolute atomic E-state index is 0. The number of fused-ring (bicyclic) bond motifs is 3. The van der Waals surface area contributed by atoms with Gasteiger partial charge < -0.3 is 14.2 Å². The molecule has 0 atom stereocenters. The average molecular weight is 451 g/mol. The van der Waals surface area contributed by atoms with E-state index in [2.05, 4.69) is 40.7 Å². The third-order valence-electron chi connectivity index (χ3n) is 5.93. The summed E-state index contributed by atoms with van der Waals surface area (Å²) in [5.74, 6) is 0.511. The second-order valence-corrected chi connectivity index (χ2v) is 8.44. The smallest absolute Gasteiger partial charge is 0.258 e. The molecule has 0 bridgehead atoms. The van der Waals surface area contributed by atoms with Gasteiger partial charge in [-0.25, -0.2) is 0 Å². The number of halogens is 1. The number of pyridine rings is 2. The summed E-state index contributed by atoms with van der Waals surface area (Å²) in [6.45, 7) is 2.29. The first-order valence-electron chi connectivity index (χ1n) is 10.2. The van der Waals surface area contributed by atoms with Crippen LogP contribution in [0, 0.1) is 0 Å². The van der Waals surface area contributed by atoms with Gasteiger partial charge in [-0.15, -0.1) is 0 Å². The molecule has 4 aromatic rings. The molecular formula is C25H27ClN4O2. The molecule has 0 N–H and O–H groups in total. The topological polar surface area (TPSA) is 52.3 Å². The number of hydrogen-bond donors (Lipinski definition) is 0. The fourth-order valence-electron chi connectivity index (χ4n) is 4.24. The molecule has 0 radical (unpaired) electrons. The maximum Gasteiger partial charge on any atom is 0.258 e. The minimum atomic E-state index is -0.139. The zero-order chi connectivity index (χ0) is 21.5. The van der Waals surface area contributed by atoms with Crippen LogP contribution in [-0.4, -0.2) is 32.6 Å². The number of ether oxygens (including phenoxy) is 1. The first kappa shape index (κ1) is 22.1. The van der Waals surface area contributed by atoms with Crippen LogP contribution in [0.5, 0.6) is 5.75 Å². The Labute approximate surface area is 192 Å². The van der Waals surface area contributed by atoms with E-state index in [1.165, 1.54) is 22.7 Å². The predicted molar refractivity (Wildman–Crippen MR) is 129 cm³/mol. The van der Waals surface area contributed by atoms with Crippen molar-refractivity contribution in [2.24, 2.45) is 7.05 Å². The van der Waals surface area contributed by atoms with E-state index in [1.54, 1.807) is 35.2 Å². The Morgan fingerprint density at radius 1 is 1.12 bits per heavy atom. The minimum Gasteiger partial charge on any atom is -0.487 e. The van der Waals surface area contributed by atoms with Gasteiger partial charge in [0, 0.05) is 49.7 Å². The number of nitrogens with zero attached hydrogens (tertiary/aromatic N) is 4. The summed E-state index contributed by atoms with van der Waals surface area (Å²) in [4.78, 5) is 19.3. The van der Waals surface area contributed by atoms with E-state index in [0.717, 1.165) is 36.4 Å². The molecule has 0 amide bonds. The molecule has 0 saturated carbocycles. The third kappa shape index (κ3) is 4.04. The second-order valence-electron chi connectivity index (χ2n) is 8.00. The highest BCUT2D eigenvalue weighted by Crippen LogP contribution is 2.31. The van der Waals surface area contributed by atoms with Gasteiger partial charge in [-0.3, -0.25) is 14.3 Å². The van der Waals surface area contributed by atoms with Gasteiger partial charge in [-0.05, 0) is 49.4 Å². The number of hydrogen-bond acceptors (Lipinski definition) is 4. The van der Waals surface area contributed by atoms with Gasteiger partial charge in [0.2, 0.25) is 0 Å². The molecule has 6 nitrogen and oxygen atoms in total. The van der Waals surface area contributed by atoms with Crippen LogP contribution in [0.3, 0.4) is 0 Å². The standard InChI is InChI=1S/C24H23ClN4O2.CH4/c1-27-9-8-21-20-6-5-18(11-22(20)28(2)23(21)14-27)29-10-7-19(12-24(29)30)31-15-17-4-3-16(25)13-26-17;/h3-7,10-13H,8-9,14-15H2,1-2H3;1H4. The molecule has 1 aliphatic rings. The summed E-state index contributed by atoms with van der Waals surface area (Å²) in [6, 6.07) is 13.1. The van der Waals surface area contributed by atoms with E-state index in [4.69, 9.17) is 16.3 Å².